The van der Waals surface area contributed by atoms with E-state index in [1.807, 2.05) is 12.1 Å². The van der Waals surface area contributed by atoms with Gasteiger partial charge in [0, 0.05) is 23.2 Å². The minimum absolute atomic E-state index is 0.977. The third kappa shape index (κ3) is 6.79. The van der Waals surface area contributed by atoms with Gasteiger partial charge >= 0.3 is 87.7 Å². The van der Waals surface area contributed by atoms with Crippen LogP contribution in [0.25, 0.3) is 21.8 Å². The third-order valence-electron chi connectivity index (χ3n) is 4.14. The summed E-state index contributed by atoms with van der Waals surface area (Å²) in [5.74, 6) is 0. The predicted molar refractivity (Wildman–Crippen MR) is 120 cm³/mol. The summed E-state index contributed by atoms with van der Waals surface area (Å²) in [5, 5.41) is 2.28. The number of nitrogens with zero attached hydrogens (tertiary/aromatic N) is 2. The van der Waals surface area contributed by atoms with E-state index in [4.69, 9.17) is 0 Å². The Bertz CT molecular complexity index is 728. The van der Waals surface area contributed by atoms with Crippen molar-refractivity contribution in [2.24, 2.45) is 0 Å². The van der Waals surface area contributed by atoms with Gasteiger partial charge in [0.1, 0.15) is 0 Å². The van der Waals surface area contributed by atoms with Gasteiger partial charge in [0.15, 0.2) is 0 Å². The van der Waals surface area contributed by atoms with E-state index in [1.165, 1.54) is 34.6 Å². The van der Waals surface area contributed by atoms with Crippen molar-refractivity contribution >= 4 is 61.1 Å². The van der Waals surface area contributed by atoms with Crippen molar-refractivity contribution in [1.82, 2.24) is 9.97 Å². The van der Waals surface area contributed by atoms with E-state index >= 15 is 0 Å². The Hall–Kier alpha value is -0.201. The Morgan fingerprint density at radius 1 is 0.760 bits per heavy atom. The summed E-state index contributed by atoms with van der Waals surface area (Å²) in [7, 11) is 0. The molecule has 0 bridgehead atoms. The summed E-state index contributed by atoms with van der Waals surface area (Å²) in [5.41, 5.74) is 1.95. The maximum atomic E-state index is 4.35. The van der Waals surface area contributed by atoms with Crippen LogP contribution in [0.15, 0.2) is 48.8 Å². The Morgan fingerprint density at radius 2 is 1.20 bits per heavy atom. The molecule has 2 heterocycles. The van der Waals surface area contributed by atoms with E-state index in [0.29, 0.717) is 0 Å². The number of aromatic nitrogens is 2. The van der Waals surface area contributed by atoms with Crippen LogP contribution in [-0.4, -0.2) is 23.9 Å². The largest absolute Gasteiger partial charge is 0.254 e. The standard InChI is InChI=1S/C12H8N2.2C4H9.2BrH.Sn/c1-3-9-5-6-10-4-2-8-14-12(10)11(9)13-7-1;2*1-3-4-2;;;/h1-8H;2*1,3-4H2,2H3;2*1H;/q;;;;;+2/p-2. The van der Waals surface area contributed by atoms with Crippen LogP contribution in [0, 0.1) is 0 Å². The van der Waals surface area contributed by atoms with Gasteiger partial charge in [0.25, 0.3) is 0 Å². The Labute approximate surface area is 167 Å². The van der Waals surface area contributed by atoms with Crippen LogP contribution in [0.3, 0.4) is 0 Å². The van der Waals surface area contributed by atoms with Crippen LogP contribution < -0.4 is 0 Å². The number of hydrogen-bond donors (Lipinski definition) is 0. The second kappa shape index (κ2) is 10.8. The molecule has 3 rings (SSSR count). The molecule has 0 saturated carbocycles. The van der Waals surface area contributed by atoms with Crippen molar-refractivity contribution in [2.75, 3.05) is 0 Å². The van der Waals surface area contributed by atoms with E-state index in [2.05, 4.69) is 73.5 Å². The van der Waals surface area contributed by atoms with Crippen molar-refractivity contribution in [3.8, 4) is 0 Å². The molecule has 0 spiro atoms. The van der Waals surface area contributed by atoms with Crippen molar-refractivity contribution in [3.05, 3.63) is 48.8 Å². The van der Waals surface area contributed by atoms with E-state index < -0.39 is 13.9 Å². The van der Waals surface area contributed by atoms with Crippen LogP contribution in [0.2, 0.25) is 8.87 Å². The first-order valence-electron chi connectivity index (χ1n) is 9.03. The van der Waals surface area contributed by atoms with Crippen LogP contribution in [-0.2, 0) is 0 Å². The van der Waals surface area contributed by atoms with Crippen LogP contribution in [0.5, 0.6) is 0 Å². The molecule has 134 valence electrons. The van der Waals surface area contributed by atoms with Crippen molar-refractivity contribution in [2.45, 2.75) is 48.4 Å². The molecule has 0 atom stereocenters. The summed E-state index contributed by atoms with van der Waals surface area (Å²) in [6, 6.07) is 12.1. The van der Waals surface area contributed by atoms with Crippen molar-refractivity contribution < 1.29 is 0 Å². The van der Waals surface area contributed by atoms with Gasteiger partial charge in [0.2, 0.25) is 0 Å². The zero-order chi connectivity index (χ0) is 18.1. The van der Waals surface area contributed by atoms with Crippen molar-refractivity contribution in [3.63, 3.8) is 0 Å². The minimum atomic E-state index is -1.81. The van der Waals surface area contributed by atoms with Gasteiger partial charge in [-0.2, -0.15) is 0 Å². The number of hydrogen-bond acceptors (Lipinski definition) is 2. The minimum Gasteiger partial charge on any atom is -0.254 e. The zero-order valence-electron chi connectivity index (χ0n) is 15.0. The maximum absolute atomic E-state index is 4.35. The first kappa shape index (κ1) is 21.1. The average Bonchev–Trinajstić information content (AvgIpc) is 2.65. The maximum Gasteiger partial charge on any atom is 0.0964 e. The molecule has 0 saturated heterocycles. The smallest absolute Gasteiger partial charge is 0.0964 e. The molecule has 0 N–H and O–H groups in total. The zero-order valence-corrected chi connectivity index (χ0v) is 21.0. The van der Waals surface area contributed by atoms with Gasteiger partial charge in [-0.1, -0.05) is 24.3 Å². The summed E-state index contributed by atoms with van der Waals surface area (Å²) >= 11 is 6.01. The number of pyridine rings is 2. The van der Waals surface area contributed by atoms with Crippen molar-refractivity contribution in [1.29, 1.82) is 0 Å². The molecule has 0 fully saturated rings. The Balaban J connectivity index is 0.000000188. The fourth-order valence-corrected chi connectivity index (χ4v) is 15.9. The predicted octanol–water partition coefficient (Wildman–Crippen LogP) is 7.60. The van der Waals surface area contributed by atoms with Gasteiger partial charge in [-0.3, -0.25) is 9.97 Å². The molecule has 0 aliphatic rings. The quantitative estimate of drug-likeness (QED) is 0.224. The van der Waals surface area contributed by atoms with Crippen LogP contribution in [0.4, 0.5) is 0 Å². The molecule has 2 aromatic heterocycles. The normalized spacial score (nSPS) is 11.4. The number of fused-ring (bicyclic) bond motifs is 3. The number of rotatable bonds is 6. The third-order valence-corrected chi connectivity index (χ3v) is 21.0. The van der Waals surface area contributed by atoms with Gasteiger partial charge in [-0.05, 0) is 12.1 Å². The Morgan fingerprint density at radius 3 is 1.60 bits per heavy atom. The molecular weight excluding hydrogens is 547 g/mol. The van der Waals surface area contributed by atoms with Crippen LogP contribution >= 0.6 is 25.4 Å². The van der Waals surface area contributed by atoms with E-state index in [9.17, 15) is 0 Å². The van der Waals surface area contributed by atoms with Gasteiger partial charge in [-0.15, -0.1) is 0 Å². The first-order chi connectivity index (χ1) is 12.1. The van der Waals surface area contributed by atoms with Gasteiger partial charge in [-0.25, -0.2) is 0 Å². The van der Waals surface area contributed by atoms with E-state index in [-0.39, 0.29) is 0 Å². The molecular formula is C20H26Br2N2Sn. The molecule has 25 heavy (non-hydrogen) atoms. The molecule has 0 radical (unpaired) electrons. The van der Waals surface area contributed by atoms with E-state index in [0.717, 1.165) is 21.8 Å². The monoisotopic (exact) mass is 572 g/mol. The molecule has 2 nitrogen and oxygen atoms in total. The summed E-state index contributed by atoms with van der Waals surface area (Å²) in [6.07, 6.45) is 9.07. The number of unbranched alkanes of at least 4 members (excludes halogenated alkanes) is 2. The molecule has 0 amide bonds. The topological polar surface area (TPSA) is 25.8 Å². The second-order valence-corrected chi connectivity index (χ2v) is 41.5. The Kier molecular flexibility index (Phi) is 9.14. The molecule has 0 aliphatic heterocycles. The number of benzene rings is 1. The van der Waals surface area contributed by atoms with Gasteiger partial charge in [0.05, 0.1) is 11.0 Å². The fourth-order valence-electron chi connectivity index (χ4n) is 2.68. The number of halogens is 2. The molecule has 3 aromatic rings. The molecule has 1 aromatic carbocycles. The molecule has 5 heteroatoms. The summed E-state index contributed by atoms with van der Waals surface area (Å²) in [6.45, 7) is 4.53. The fraction of sp³-hybridized carbons (Fsp3) is 0.400. The summed E-state index contributed by atoms with van der Waals surface area (Å²) < 4.78 is 2.90. The van der Waals surface area contributed by atoms with Crippen LogP contribution in [0.1, 0.15) is 39.5 Å². The SMILES string of the molecule is CCC[CH2][Sn]([Br])([Br])[CH2]CCC.c1cnc2c(c1)ccc1cccnc12. The average molecular weight is 573 g/mol. The first-order valence-corrected chi connectivity index (χ1v) is 25.9. The van der Waals surface area contributed by atoms with E-state index in [1.54, 1.807) is 12.4 Å². The molecule has 0 unspecified atom stereocenters. The molecule has 0 aliphatic carbocycles. The van der Waals surface area contributed by atoms with Gasteiger partial charge < -0.3 is 0 Å². The summed E-state index contributed by atoms with van der Waals surface area (Å²) in [4.78, 5) is 8.69. The second-order valence-electron chi connectivity index (χ2n) is 6.28.